The minimum absolute atomic E-state index is 0.179. The highest BCUT2D eigenvalue weighted by atomic mass is 79.9. The fraction of sp³-hybridized carbons (Fsp3) is 0.267. The molecule has 190 valence electrons. The summed E-state index contributed by atoms with van der Waals surface area (Å²) >= 11 is 3.44. The van der Waals surface area contributed by atoms with Gasteiger partial charge in [-0.05, 0) is 54.8 Å². The van der Waals surface area contributed by atoms with Gasteiger partial charge in [0.25, 0.3) is 5.56 Å². The third-order valence-electron chi connectivity index (χ3n) is 8.17. The van der Waals surface area contributed by atoms with Crippen molar-refractivity contribution in [2.24, 2.45) is 17.8 Å². The van der Waals surface area contributed by atoms with Crippen LogP contribution in [0.1, 0.15) is 31.7 Å². The van der Waals surface area contributed by atoms with Gasteiger partial charge in [0.05, 0.1) is 34.1 Å². The van der Waals surface area contributed by atoms with Crippen molar-refractivity contribution in [3.05, 3.63) is 99.0 Å². The molecule has 0 saturated carbocycles. The lowest BCUT2D eigenvalue weighted by atomic mass is 9.75. The molecular weight excluding hydrogens is 544 g/mol. The number of halogens is 1. The Morgan fingerprint density at radius 2 is 1.66 bits per heavy atom. The maximum atomic E-state index is 14.4. The summed E-state index contributed by atoms with van der Waals surface area (Å²) < 4.78 is 2.50. The highest BCUT2D eigenvalue weighted by Crippen LogP contribution is 2.56. The largest absolute Gasteiger partial charge is 0.297 e. The smallest absolute Gasteiger partial charge is 0.266 e. The molecule has 4 atom stereocenters. The van der Waals surface area contributed by atoms with Crippen LogP contribution < -0.4 is 15.8 Å². The number of hydrogen-bond donors (Lipinski definition) is 1. The molecule has 7 nitrogen and oxygen atoms in total. The first kappa shape index (κ1) is 23.5. The van der Waals surface area contributed by atoms with Crippen molar-refractivity contribution < 1.29 is 9.59 Å². The van der Waals surface area contributed by atoms with Crippen LogP contribution in [0.15, 0.2) is 82.1 Å². The quantitative estimate of drug-likeness (QED) is 0.367. The van der Waals surface area contributed by atoms with Crippen LogP contribution in [0.25, 0.3) is 16.6 Å². The summed E-state index contributed by atoms with van der Waals surface area (Å²) in [5, 5.41) is 4.26. The van der Waals surface area contributed by atoms with E-state index in [0.717, 1.165) is 10.0 Å². The van der Waals surface area contributed by atoms with E-state index in [2.05, 4.69) is 35.1 Å². The summed E-state index contributed by atoms with van der Waals surface area (Å²) in [7, 11) is 0. The third kappa shape index (κ3) is 2.98. The van der Waals surface area contributed by atoms with Gasteiger partial charge in [-0.25, -0.2) is 9.88 Å². The number of nitrogens with zero attached hydrogens (tertiary/aromatic N) is 3. The maximum absolute atomic E-state index is 14.4. The van der Waals surface area contributed by atoms with Crippen LogP contribution in [0.2, 0.25) is 0 Å². The van der Waals surface area contributed by atoms with Crippen LogP contribution in [0, 0.1) is 17.8 Å². The number of fused-ring (bicyclic) bond motifs is 8. The van der Waals surface area contributed by atoms with E-state index < -0.39 is 17.4 Å². The van der Waals surface area contributed by atoms with Crippen molar-refractivity contribution in [1.29, 1.82) is 0 Å². The zero-order chi connectivity index (χ0) is 26.3. The summed E-state index contributed by atoms with van der Waals surface area (Å²) in [4.78, 5) is 48.7. The minimum Gasteiger partial charge on any atom is -0.297 e. The lowest BCUT2D eigenvalue weighted by Gasteiger charge is -2.32. The number of aromatic nitrogens is 2. The number of carbonyl (C=O) groups is 2. The minimum atomic E-state index is -1.11. The van der Waals surface area contributed by atoms with Crippen LogP contribution in [0.4, 0.5) is 5.69 Å². The van der Waals surface area contributed by atoms with E-state index in [1.807, 2.05) is 54.6 Å². The number of carbonyl (C=O) groups excluding carboxylic acids is 2. The van der Waals surface area contributed by atoms with E-state index in [0.29, 0.717) is 34.5 Å². The summed E-state index contributed by atoms with van der Waals surface area (Å²) in [5.74, 6) is -1.05. The van der Waals surface area contributed by atoms with Gasteiger partial charge in [0.2, 0.25) is 11.8 Å². The Labute approximate surface area is 227 Å². The molecule has 1 N–H and O–H groups in total. The van der Waals surface area contributed by atoms with E-state index in [1.54, 1.807) is 22.8 Å². The Morgan fingerprint density at radius 3 is 2.42 bits per heavy atom. The topological polar surface area (TPSA) is 84.3 Å². The van der Waals surface area contributed by atoms with E-state index in [1.165, 1.54) is 4.90 Å². The van der Waals surface area contributed by atoms with Gasteiger partial charge in [0.1, 0.15) is 11.4 Å². The van der Waals surface area contributed by atoms with Crippen LogP contribution >= 0.6 is 15.9 Å². The lowest BCUT2D eigenvalue weighted by molar-refractivity contribution is -0.123. The number of nitrogens with one attached hydrogen (secondary N) is 1. The van der Waals surface area contributed by atoms with E-state index in [4.69, 9.17) is 4.98 Å². The highest BCUT2D eigenvalue weighted by molar-refractivity contribution is 9.10. The molecule has 3 aliphatic rings. The molecule has 1 aromatic heterocycles. The number of rotatable bonds is 3. The van der Waals surface area contributed by atoms with Crippen molar-refractivity contribution in [3.63, 3.8) is 0 Å². The van der Waals surface area contributed by atoms with Gasteiger partial charge >= 0.3 is 0 Å². The molecule has 0 aliphatic carbocycles. The zero-order valence-corrected chi connectivity index (χ0v) is 22.5. The average molecular weight is 569 g/mol. The molecule has 0 unspecified atom stereocenters. The predicted molar refractivity (Wildman–Crippen MR) is 148 cm³/mol. The molecule has 2 saturated heterocycles. The number of hydrogen-bond acceptors (Lipinski definition) is 5. The third-order valence-corrected chi connectivity index (χ3v) is 8.70. The van der Waals surface area contributed by atoms with Crippen molar-refractivity contribution in [1.82, 2.24) is 14.9 Å². The normalized spacial score (nSPS) is 25.5. The number of amides is 2. The molecule has 2 amide bonds. The first-order valence-corrected chi connectivity index (χ1v) is 13.7. The van der Waals surface area contributed by atoms with Gasteiger partial charge in [-0.15, -0.1) is 0 Å². The Bertz CT molecular complexity index is 1710. The Balaban J connectivity index is 1.52. The second-order valence-corrected chi connectivity index (χ2v) is 11.7. The molecule has 3 aliphatic heterocycles. The van der Waals surface area contributed by atoms with Gasteiger partial charge < -0.3 is 0 Å². The van der Waals surface area contributed by atoms with E-state index in [-0.39, 0.29) is 29.3 Å². The molecule has 0 bridgehead atoms. The molecule has 2 fully saturated rings. The van der Waals surface area contributed by atoms with E-state index >= 15 is 0 Å². The van der Waals surface area contributed by atoms with Crippen LogP contribution in [0.3, 0.4) is 0 Å². The first-order chi connectivity index (χ1) is 18.3. The fourth-order valence-corrected chi connectivity index (χ4v) is 7.04. The van der Waals surface area contributed by atoms with Gasteiger partial charge in [-0.2, -0.15) is 0 Å². The molecule has 4 heterocycles. The Morgan fingerprint density at radius 1 is 0.947 bits per heavy atom. The van der Waals surface area contributed by atoms with Crippen LogP contribution in [-0.4, -0.2) is 27.4 Å². The van der Waals surface area contributed by atoms with Gasteiger partial charge in [-0.3, -0.25) is 24.3 Å². The Kier molecular flexibility index (Phi) is 5.06. The lowest BCUT2D eigenvalue weighted by Crippen LogP contribution is -2.50. The highest BCUT2D eigenvalue weighted by Gasteiger charge is 2.69. The first-order valence-electron chi connectivity index (χ1n) is 12.9. The zero-order valence-electron chi connectivity index (χ0n) is 20.9. The summed E-state index contributed by atoms with van der Waals surface area (Å²) in [6.07, 6.45) is 0.704. The molecule has 7 rings (SSSR count). The van der Waals surface area contributed by atoms with Crippen LogP contribution in [0.5, 0.6) is 0 Å². The SMILES string of the molecule is CC(C)C[C@@H]1N[C@]2(c3ccccc3-n3c2nc2ccccc2c3=O)[C@@H]2C(=O)N(c3ccc(Br)cc3)C(=O)[C@H]12. The molecule has 1 spiro atoms. The summed E-state index contributed by atoms with van der Waals surface area (Å²) in [5.41, 5.74) is 1.34. The van der Waals surface area contributed by atoms with Crippen molar-refractivity contribution >= 4 is 44.3 Å². The molecule has 3 aromatic carbocycles. The maximum Gasteiger partial charge on any atom is 0.266 e. The van der Waals surface area contributed by atoms with Crippen molar-refractivity contribution in [2.45, 2.75) is 31.8 Å². The molecule has 38 heavy (non-hydrogen) atoms. The van der Waals surface area contributed by atoms with E-state index in [9.17, 15) is 14.4 Å². The molecule has 0 radical (unpaired) electrons. The summed E-state index contributed by atoms with van der Waals surface area (Å²) in [6.45, 7) is 4.23. The van der Waals surface area contributed by atoms with Gasteiger partial charge in [0.15, 0.2) is 0 Å². The number of para-hydroxylation sites is 2. The number of benzene rings is 3. The standard InChI is InChI=1S/C30H25BrN4O3/c1-16(2)15-22-24-25(28(38)34(27(24)37)18-13-11-17(31)12-14-18)30(33-22)20-8-4-6-10-23(20)35-26(36)19-7-3-5-9-21(19)32-29(30)35/h3-14,16,22,24-25,33H,15H2,1-2H3/t22-,24+,25-,30+/m0/s1. The Hall–Kier alpha value is -3.62. The molecule has 8 heteroatoms. The van der Waals surface area contributed by atoms with Crippen molar-refractivity contribution in [3.8, 4) is 5.69 Å². The second-order valence-electron chi connectivity index (χ2n) is 10.8. The molecular formula is C30H25BrN4O3. The van der Waals surface area contributed by atoms with Gasteiger partial charge in [0, 0.05) is 16.1 Å². The second kappa shape index (κ2) is 8.19. The summed E-state index contributed by atoms with van der Waals surface area (Å²) in [6, 6.07) is 21.9. The molecule has 4 aromatic rings. The predicted octanol–water partition coefficient (Wildman–Crippen LogP) is 4.53. The number of imide groups is 1. The average Bonchev–Trinajstić information content (AvgIpc) is 3.48. The van der Waals surface area contributed by atoms with Crippen molar-refractivity contribution in [2.75, 3.05) is 4.90 Å². The number of anilines is 1. The van der Waals surface area contributed by atoms with Gasteiger partial charge in [-0.1, -0.05) is 60.1 Å². The van der Waals surface area contributed by atoms with Crippen LogP contribution in [-0.2, 0) is 15.1 Å². The monoisotopic (exact) mass is 568 g/mol. The fourth-order valence-electron chi connectivity index (χ4n) is 6.77.